The second-order valence-corrected chi connectivity index (χ2v) is 8.75. The molecule has 0 saturated heterocycles. The maximum atomic E-state index is 6.08. The van der Waals surface area contributed by atoms with Crippen LogP contribution >= 0.6 is 11.3 Å². The average molecular weight is 392 g/mol. The number of hydrogen-bond acceptors (Lipinski definition) is 6. The molecule has 1 fully saturated rings. The first-order valence-electron chi connectivity index (χ1n) is 9.82. The highest BCUT2D eigenvalue weighted by atomic mass is 32.1. The van der Waals surface area contributed by atoms with Crippen molar-refractivity contribution in [3.05, 3.63) is 30.3 Å². The van der Waals surface area contributed by atoms with E-state index in [1.807, 2.05) is 6.07 Å². The number of imidazole rings is 1. The van der Waals surface area contributed by atoms with Crippen LogP contribution in [0.5, 0.6) is 5.75 Å². The van der Waals surface area contributed by atoms with Gasteiger partial charge in [-0.3, -0.25) is 0 Å². The minimum Gasteiger partial charge on any atom is -0.491 e. The highest BCUT2D eigenvalue weighted by molar-refractivity contribution is 7.22. The zero-order valence-electron chi connectivity index (χ0n) is 15.4. The number of rotatable bonds is 4. The van der Waals surface area contributed by atoms with Crippen LogP contribution in [0.4, 0.5) is 10.8 Å². The van der Waals surface area contributed by atoms with Gasteiger partial charge in [-0.15, -0.1) is 0 Å². The van der Waals surface area contributed by atoms with E-state index in [9.17, 15) is 0 Å². The lowest BCUT2D eigenvalue weighted by atomic mass is 10.2. The molecule has 0 bridgehead atoms. The molecule has 0 unspecified atom stereocenters. The third kappa shape index (κ3) is 2.69. The van der Waals surface area contributed by atoms with E-state index in [1.54, 1.807) is 0 Å². The molecule has 142 valence electrons. The van der Waals surface area contributed by atoms with Crippen LogP contribution in [-0.2, 0) is 6.54 Å². The third-order valence-corrected chi connectivity index (χ3v) is 6.39. The van der Waals surface area contributed by atoms with Crippen LogP contribution in [0.2, 0.25) is 0 Å². The second kappa shape index (κ2) is 6.10. The van der Waals surface area contributed by atoms with Crippen molar-refractivity contribution in [2.24, 2.45) is 5.92 Å². The SMILES string of the molecule is Nc1nc2ccc(-c3nc4cc(NCC5CC5)cc5c4n3CCCO5)cc2s1. The summed E-state index contributed by atoms with van der Waals surface area (Å²) in [7, 11) is 0. The minimum absolute atomic E-state index is 0.598. The Morgan fingerprint density at radius 2 is 2.11 bits per heavy atom. The number of anilines is 2. The van der Waals surface area contributed by atoms with E-state index >= 15 is 0 Å². The Labute approximate surface area is 166 Å². The molecule has 3 N–H and O–H groups in total. The van der Waals surface area contributed by atoms with Crippen LogP contribution in [0.15, 0.2) is 30.3 Å². The van der Waals surface area contributed by atoms with Gasteiger partial charge in [-0.1, -0.05) is 11.3 Å². The van der Waals surface area contributed by atoms with Crippen LogP contribution in [-0.4, -0.2) is 27.7 Å². The summed E-state index contributed by atoms with van der Waals surface area (Å²) in [6, 6.07) is 10.5. The highest BCUT2D eigenvalue weighted by Crippen LogP contribution is 2.38. The fraction of sp³-hybridized carbons (Fsp3) is 0.333. The van der Waals surface area contributed by atoms with Crippen molar-refractivity contribution < 1.29 is 4.74 Å². The van der Waals surface area contributed by atoms with Crippen molar-refractivity contribution >= 4 is 43.4 Å². The maximum absolute atomic E-state index is 6.08. The molecule has 2 aliphatic rings. The molecule has 0 atom stereocenters. The number of aromatic nitrogens is 3. The molecular formula is C21H21N5OS. The number of ether oxygens (including phenoxy) is 1. The van der Waals surface area contributed by atoms with Gasteiger partial charge in [-0.05, 0) is 49.4 Å². The molecule has 0 radical (unpaired) electrons. The van der Waals surface area contributed by atoms with Crippen LogP contribution in [0.3, 0.4) is 0 Å². The molecule has 28 heavy (non-hydrogen) atoms. The van der Waals surface area contributed by atoms with Gasteiger partial charge in [0.05, 0.1) is 22.3 Å². The Hall–Kier alpha value is -2.80. The summed E-state index contributed by atoms with van der Waals surface area (Å²) < 4.78 is 9.47. The molecular weight excluding hydrogens is 370 g/mol. The Morgan fingerprint density at radius 3 is 3.00 bits per heavy atom. The van der Waals surface area contributed by atoms with Gasteiger partial charge in [0.25, 0.3) is 0 Å². The van der Waals surface area contributed by atoms with Gasteiger partial charge in [-0.25, -0.2) is 9.97 Å². The molecule has 2 aromatic carbocycles. The van der Waals surface area contributed by atoms with E-state index in [4.69, 9.17) is 15.5 Å². The van der Waals surface area contributed by atoms with E-state index in [0.29, 0.717) is 5.13 Å². The average Bonchev–Trinajstić information content (AvgIpc) is 3.39. The number of thiazole rings is 1. The van der Waals surface area contributed by atoms with Gasteiger partial charge in [-0.2, -0.15) is 0 Å². The first-order chi connectivity index (χ1) is 13.7. The lowest BCUT2D eigenvalue weighted by Crippen LogP contribution is -2.03. The molecule has 1 aliphatic heterocycles. The number of benzene rings is 2. The molecule has 4 aromatic rings. The van der Waals surface area contributed by atoms with Gasteiger partial charge < -0.3 is 20.4 Å². The van der Waals surface area contributed by atoms with Crippen molar-refractivity contribution in [1.29, 1.82) is 0 Å². The Kier molecular flexibility index (Phi) is 3.53. The Bertz CT molecular complexity index is 1210. The summed E-state index contributed by atoms with van der Waals surface area (Å²) in [6.45, 7) is 2.66. The number of nitrogens with two attached hydrogens (primary N) is 1. The van der Waals surface area contributed by atoms with E-state index < -0.39 is 0 Å². The van der Waals surface area contributed by atoms with Crippen LogP contribution in [0, 0.1) is 5.92 Å². The normalized spacial score (nSPS) is 16.3. The van der Waals surface area contributed by atoms with Gasteiger partial charge >= 0.3 is 0 Å². The third-order valence-electron chi connectivity index (χ3n) is 5.55. The van der Waals surface area contributed by atoms with Gasteiger partial charge in [0.15, 0.2) is 5.13 Å². The van der Waals surface area contributed by atoms with Gasteiger partial charge in [0.2, 0.25) is 0 Å². The molecule has 2 aromatic heterocycles. The van der Waals surface area contributed by atoms with Crippen molar-refractivity contribution in [3.63, 3.8) is 0 Å². The Balaban J connectivity index is 1.50. The maximum Gasteiger partial charge on any atom is 0.181 e. The minimum atomic E-state index is 0.598. The quantitative estimate of drug-likeness (QED) is 0.536. The zero-order valence-corrected chi connectivity index (χ0v) is 16.3. The van der Waals surface area contributed by atoms with E-state index in [-0.39, 0.29) is 0 Å². The summed E-state index contributed by atoms with van der Waals surface area (Å²) in [5, 5.41) is 4.16. The van der Waals surface area contributed by atoms with Gasteiger partial charge in [0, 0.05) is 30.4 Å². The number of nitrogens with one attached hydrogen (secondary N) is 1. The van der Waals surface area contributed by atoms with E-state index in [1.165, 1.54) is 24.2 Å². The number of fused-ring (bicyclic) bond motifs is 1. The fourth-order valence-electron chi connectivity index (χ4n) is 3.95. The summed E-state index contributed by atoms with van der Waals surface area (Å²) in [6.07, 6.45) is 3.64. The summed E-state index contributed by atoms with van der Waals surface area (Å²) in [4.78, 5) is 9.37. The van der Waals surface area contributed by atoms with Crippen LogP contribution in [0.1, 0.15) is 19.3 Å². The lowest BCUT2D eigenvalue weighted by Gasteiger charge is -2.10. The molecule has 6 rings (SSSR count). The number of aryl methyl sites for hydroxylation is 1. The van der Waals surface area contributed by atoms with Crippen molar-refractivity contribution in [2.75, 3.05) is 24.2 Å². The Morgan fingerprint density at radius 1 is 1.18 bits per heavy atom. The predicted octanol–water partition coefficient (Wildman–Crippen LogP) is 4.50. The molecule has 1 aliphatic carbocycles. The van der Waals surface area contributed by atoms with Crippen LogP contribution < -0.4 is 15.8 Å². The van der Waals surface area contributed by atoms with Crippen molar-refractivity contribution in [1.82, 2.24) is 14.5 Å². The van der Waals surface area contributed by atoms with E-state index in [2.05, 4.69) is 39.1 Å². The standard InChI is InChI=1S/C21H21N5OS/c22-21-25-15-5-4-13(8-18(15)28-21)20-24-16-9-14(23-11-12-2-3-12)10-17-19(16)26(20)6-1-7-27-17/h4-5,8-10,12,23H,1-3,6-7,11H2,(H2,22,25). The van der Waals surface area contributed by atoms with Gasteiger partial charge in [0.1, 0.15) is 17.1 Å². The molecule has 7 heteroatoms. The smallest absolute Gasteiger partial charge is 0.181 e. The second-order valence-electron chi connectivity index (χ2n) is 7.69. The zero-order chi connectivity index (χ0) is 18.7. The molecule has 6 nitrogen and oxygen atoms in total. The molecule has 3 heterocycles. The van der Waals surface area contributed by atoms with Crippen molar-refractivity contribution in [3.8, 4) is 17.1 Å². The summed E-state index contributed by atoms with van der Waals surface area (Å²) in [5.41, 5.74) is 11.1. The highest BCUT2D eigenvalue weighted by Gasteiger charge is 2.23. The largest absolute Gasteiger partial charge is 0.491 e. The fourth-order valence-corrected chi connectivity index (χ4v) is 4.72. The monoisotopic (exact) mass is 391 g/mol. The lowest BCUT2D eigenvalue weighted by molar-refractivity contribution is 0.316. The van der Waals surface area contributed by atoms with E-state index in [0.717, 1.165) is 76.1 Å². The number of hydrogen-bond donors (Lipinski definition) is 2. The first kappa shape index (κ1) is 16.2. The first-order valence-corrected chi connectivity index (χ1v) is 10.6. The molecule has 0 spiro atoms. The molecule has 1 saturated carbocycles. The summed E-state index contributed by atoms with van der Waals surface area (Å²) in [5.74, 6) is 2.73. The number of nitrogens with zero attached hydrogens (tertiary/aromatic N) is 3. The molecule has 0 amide bonds. The van der Waals surface area contributed by atoms with Crippen molar-refractivity contribution in [2.45, 2.75) is 25.8 Å². The number of nitrogen functional groups attached to an aromatic ring is 1. The topological polar surface area (TPSA) is 78.0 Å². The van der Waals surface area contributed by atoms with Crippen LogP contribution in [0.25, 0.3) is 32.6 Å². The predicted molar refractivity (Wildman–Crippen MR) is 114 cm³/mol. The summed E-state index contributed by atoms with van der Waals surface area (Å²) >= 11 is 1.52.